The highest BCUT2D eigenvalue weighted by molar-refractivity contribution is 6.01. The Morgan fingerprint density at radius 1 is 0.836 bits per heavy atom. The highest BCUT2D eigenvalue weighted by Crippen LogP contribution is 2.47. The summed E-state index contributed by atoms with van der Waals surface area (Å²) in [7, 11) is 1.63. The molecule has 4 aromatic carbocycles. The van der Waals surface area contributed by atoms with Crippen LogP contribution in [0, 0.1) is 5.92 Å². The minimum atomic E-state index is -0.488. The highest BCUT2D eigenvalue weighted by Gasteiger charge is 2.36. The maximum absolute atomic E-state index is 13.3. The van der Waals surface area contributed by atoms with Gasteiger partial charge in [-0.3, -0.25) is 14.5 Å². The van der Waals surface area contributed by atoms with Crippen molar-refractivity contribution in [2.75, 3.05) is 62.7 Å². The molecule has 55 heavy (non-hydrogen) atoms. The number of anilines is 2. The number of likely N-dealkylation sites (N-methyl/N-ethyl adjacent to an activating group) is 1. The predicted octanol–water partition coefficient (Wildman–Crippen LogP) is 7.33. The molecule has 3 heterocycles. The van der Waals surface area contributed by atoms with Gasteiger partial charge in [-0.25, -0.2) is 0 Å². The maximum Gasteiger partial charge on any atom is 0.255 e. The average molecular weight is 738 g/mol. The number of carbonyl (C=O) groups is 2. The van der Waals surface area contributed by atoms with Crippen LogP contribution in [0.3, 0.4) is 0 Å². The molecule has 2 saturated heterocycles. The van der Waals surface area contributed by atoms with Gasteiger partial charge in [0.25, 0.3) is 5.91 Å². The van der Waals surface area contributed by atoms with Crippen molar-refractivity contribution >= 4 is 23.2 Å². The number of nitrogens with one attached hydrogen (secondary N) is 1. The summed E-state index contributed by atoms with van der Waals surface area (Å²) in [5.74, 6) is 1.56. The zero-order valence-corrected chi connectivity index (χ0v) is 32.2. The number of piperazine rings is 1. The molecule has 4 aliphatic rings. The lowest BCUT2D eigenvalue weighted by Gasteiger charge is -2.40. The summed E-state index contributed by atoms with van der Waals surface area (Å²) in [4.78, 5) is 35.3. The van der Waals surface area contributed by atoms with Crippen molar-refractivity contribution in [3.63, 3.8) is 0 Å². The first-order valence-electron chi connectivity index (χ1n) is 20.4. The van der Waals surface area contributed by atoms with Crippen molar-refractivity contribution in [2.24, 2.45) is 5.92 Å². The molecular formula is C47H55N5O3. The summed E-state index contributed by atoms with van der Waals surface area (Å²) < 4.78 is 0. The number of amides is 2. The second kappa shape index (κ2) is 16.3. The summed E-state index contributed by atoms with van der Waals surface area (Å²) in [5.41, 5.74) is 9.55. The van der Waals surface area contributed by atoms with Crippen LogP contribution in [0.2, 0.25) is 0 Å². The van der Waals surface area contributed by atoms with E-state index in [1.165, 1.54) is 40.8 Å². The number of allylic oxidation sites excluding steroid dienone is 1. The van der Waals surface area contributed by atoms with Gasteiger partial charge in [0, 0.05) is 82.3 Å². The molecule has 0 aromatic heterocycles. The Bertz CT molecular complexity index is 1980. The lowest BCUT2D eigenvalue weighted by molar-refractivity contribution is -0.125. The molecule has 2 N–H and O–H groups in total. The number of hydrogen-bond acceptors (Lipinski definition) is 6. The Labute approximate surface area is 326 Å². The molecule has 1 aliphatic carbocycles. The second-order valence-corrected chi connectivity index (χ2v) is 16.0. The number of rotatable bonds is 11. The minimum absolute atomic E-state index is 0.0581. The number of benzene rings is 4. The van der Waals surface area contributed by atoms with Gasteiger partial charge in [-0.2, -0.15) is 0 Å². The molecular weight excluding hydrogens is 683 g/mol. The van der Waals surface area contributed by atoms with E-state index in [1.807, 2.05) is 18.2 Å². The average Bonchev–Trinajstić information content (AvgIpc) is 3.56. The lowest BCUT2D eigenvalue weighted by atomic mass is 9.69. The molecule has 4 aromatic rings. The van der Waals surface area contributed by atoms with Crippen molar-refractivity contribution in [1.82, 2.24) is 15.1 Å². The molecule has 2 fully saturated rings. The molecule has 8 rings (SSSR count). The van der Waals surface area contributed by atoms with Gasteiger partial charge in [0.15, 0.2) is 0 Å². The first-order valence-corrected chi connectivity index (χ1v) is 20.4. The van der Waals surface area contributed by atoms with Gasteiger partial charge >= 0.3 is 0 Å². The van der Waals surface area contributed by atoms with Gasteiger partial charge in [0.1, 0.15) is 11.8 Å². The van der Waals surface area contributed by atoms with Crippen LogP contribution in [0.15, 0.2) is 104 Å². The fourth-order valence-corrected chi connectivity index (χ4v) is 9.75. The number of phenolic OH excluding ortho intramolecular Hbond substituents is 1. The number of aromatic hydroxyl groups is 1. The Morgan fingerprint density at radius 2 is 1.56 bits per heavy atom. The third-order valence-electron chi connectivity index (χ3n) is 12.8. The number of carbonyl (C=O) groups excluding carboxylic acids is 2. The Morgan fingerprint density at radius 3 is 2.29 bits per heavy atom. The number of fused-ring (bicyclic) bond motifs is 2. The van der Waals surface area contributed by atoms with Gasteiger partial charge in [0.05, 0.1) is 0 Å². The standard InChI is InChI=1S/C47H55N5O3/c1-3-4-10-44(46(54)48-2)52-32-37-29-39(16-19-43(37)47(52)55)51-27-25-49(26-28-51)31-33-21-23-50(24-22-33)38-14-11-35(12-15-38)45-41(34-8-6-5-7-9-34)18-13-36-30-40(53)17-20-42(36)45/h3,5-9,11-12,14-17,19-20,29-30,33,41,44-45,53H,1,4,10,13,18,21-28,31-32H2,2H3,(H,48,54). The lowest BCUT2D eigenvalue weighted by Crippen LogP contribution is -2.49. The zero-order chi connectivity index (χ0) is 37.9. The van der Waals surface area contributed by atoms with Crippen LogP contribution < -0.4 is 15.1 Å². The van der Waals surface area contributed by atoms with Crippen LogP contribution in [-0.4, -0.2) is 85.6 Å². The van der Waals surface area contributed by atoms with E-state index in [9.17, 15) is 14.7 Å². The smallest absolute Gasteiger partial charge is 0.255 e. The Kier molecular flexibility index (Phi) is 11.0. The van der Waals surface area contributed by atoms with Crippen LogP contribution in [0.25, 0.3) is 0 Å². The van der Waals surface area contributed by atoms with Gasteiger partial charge in [-0.15, -0.1) is 6.58 Å². The van der Waals surface area contributed by atoms with Gasteiger partial charge in [-0.1, -0.05) is 54.6 Å². The molecule has 3 atom stereocenters. The van der Waals surface area contributed by atoms with Crippen LogP contribution in [0.1, 0.15) is 82.1 Å². The van der Waals surface area contributed by atoms with E-state index in [0.29, 0.717) is 42.5 Å². The number of aryl methyl sites for hydroxylation is 1. The SMILES string of the molecule is C=CCCC(C(=O)NC)N1Cc2cc(N3CCN(CC4CCN(c5ccc(C6c7ccc(O)cc7CCC6c6ccccc6)cc5)CC4)CC3)ccc2C1=O. The van der Waals surface area contributed by atoms with Crippen molar-refractivity contribution in [3.05, 3.63) is 137 Å². The minimum Gasteiger partial charge on any atom is -0.508 e. The Balaban J connectivity index is 0.842. The first kappa shape index (κ1) is 36.9. The molecule has 0 bridgehead atoms. The molecule has 8 heteroatoms. The normalized spacial score (nSPS) is 20.9. The number of hydrogen-bond donors (Lipinski definition) is 2. The summed E-state index contributed by atoms with van der Waals surface area (Å²) in [6.45, 7) is 11.6. The van der Waals surface area contributed by atoms with Crippen molar-refractivity contribution in [1.29, 1.82) is 0 Å². The molecule has 0 radical (unpaired) electrons. The van der Waals surface area contributed by atoms with Gasteiger partial charge < -0.3 is 25.1 Å². The van der Waals surface area contributed by atoms with E-state index in [2.05, 4.69) is 99.4 Å². The molecule has 3 aliphatic heterocycles. The Hall–Kier alpha value is -5.08. The van der Waals surface area contributed by atoms with Gasteiger partial charge in [0.2, 0.25) is 5.91 Å². The summed E-state index contributed by atoms with van der Waals surface area (Å²) in [6.07, 6.45) is 7.53. The fourth-order valence-electron chi connectivity index (χ4n) is 9.75. The number of nitrogens with zero attached hydrogens (tertiary/aromatic N) is 4. The zero-order valence-electron chi connectivity index (χ0n) is 32.2. The van der Waals surface area contributed by atoms with E-state index in [-0.39, 0.29) is 17.7 Å². The van der Waals surface area contributed by atoms with Crippen LogP contribution in [0.4, 0.5) is 11.4 Å². The molecule has 2 amide bonds. The summed E-state index contributed by atoms with van der Waals surface area (Å²) >= 11 is 0. The quantitative estimate of drug-likeness (QED) is 0.157. The van der Waals surface area contributed by atoms with Crippen LogP contribution in [-0.2, 0) is 17.8 Å². The van der Waals surface area contributed by atoms with Gasteiger partial charge in [-0.05, 0) is 121 Å². The molecule has 286 valence electrons. The van der Waals surface area contributed by atoms with E-state index >= 15 is 0 Å². The van der Waals surface area contributed by atoms with Crippen molar-refractivity contribution < 1.29 is 14.7 Å². The second-order valence-electron chi connectivity index (χ2n) is 16.0. The maximum atomic E-state index is 13.3. The van der Waals surface area contributed by atoms with E-state index < -0.39 is 6.04 Å². The number of piperidine rings is 1. The summed E-state index contributed by atoms with van der Waals surface area (Å²) in [6, 6.07) is 32.0. The largest absolute Gasteiger partial charge is 0.508 e. The monoisotopic (exact) mass is 737 g/mol. The van der Waals surface area contributed by atoms with E-state index in [1.54, 1.807) is 18.0 Å². The molecule has 0 spiro atoms. The third-order valence-corrected chi connectivity index (χ3v) is 12.8. The molecule has 8 nitrogen and oxygen atoms in total. The third kappa shape index (κ3) is 7.75. The molecule has 0 saturated carbocycles. The van der Waals surface area contributed by atoms with Crippen molar-refractivity contribution in [2.45, 2.75) is 62.9 Å². The predicted molar refractivity (Wildman–Crippen MR) is 221 cm³/mol. The first-order chi connectivity index (χ1) is 26.9. The highest BCUT2D eigenvalue weighted by atomic mass is 16.3. The molecule has 3 unspecified atom stereocenters. The van der Waals surface area contributed by atoms with E-state index in [0.717, 1.165) is 69.9 Å². The van der Waals surface area contributed by atoms with Crippen LogP contribution in [0.5, 0.6) is 5.75 Å². The topological polar surface area (TPSA) is 79.4 Å². The number of phenols is 1. The fraction of sp³-hybridized carbons (Fsp3) is 0.404. The van der Waals surface area contributed by atoms with Crippen molar-refractivity contribution in [3.8, 4) is 5.75 Å². The summed E-state index contributed by atoms with van der Waals surface area (Å²) in [5, 5.41) is 13.0. The van der Waals surface area contributed by atoms with E-state index in [4.69, 9.17) is 0 Å². The van der Waals surface area contributed by atoms with Crippen LogP contribution >= 0.6 is 0 Å².